The topological polar surface area (TPSA) is 66.3 Å². The molecule has 5 nitrogen and oxygen atoms in total. The summed E-state index contributed by atoms with van der Waals surface area (Å²) in [6, 6.07) is 0. The van der Waals surface area contributed by atoms with E-state index in [0.29, 0.717) is 11.4 Å². The van der Waals surface area contributed by atoms with Crippen LogP contribution in [0.3, 0.4) is 0 Å². The smallest absolute Gasteiger partial charge is 0.354 e. The Morgan fingerprint density at radius 1 is 1.40 bits per heavy atom. The molecular formula is C10H12N3O2. The Kier molecular flexibility index (Phi) is 2.53. The second kappa shape index (κ2) is 3.84. The Balaban J connectivity index is 2.39. The third-order valence-corrected chi connectivity index (χ3v) is 2.62. The minimum Gasteiger partial charge on any atom is -0.476 e. The molecule has 2 rings (SSSR count). The van der Waals surface area contributed by atoms with E-state index in [4.69, 9.17) is 5.11 Å². The second-order valence-electron chi connectivity index (χ2n) is 3.62. The van der Waals surface area contributed by atoms with Crippen molar-refractivity contribution in [3.63, 3.8) is 0 Å². The number of nitrogens with zero attached hydrogens (tertiary/aromatic N) is 3. The van der Waals surface area contributed by atoms with E-state index in [-0.39, 0.29) is 5.69 Å². The van der Waals surface area contributed by atoms with Gasteiger partial charge in [0.25, 0.3) is 0 Å². The fourth-order valence-corrected chi connectivity index (χ4v) is 1.84. The van der Waals surface area contributed by atoms with Gasteiger partial charge in [-0.25, -0.2) is 14.8 Å². The molecule has 2 heterocycles. The maximum absolute atomic E-state index is 10.9. The summed E-state index contributed by atoms with van der Waals surface area (Å²) in [5.74, 6) is -0.313. The van der Waals surface area contributed by atoms with Crippen LogP contribution in [0.4, 0.5) is 5.82 Å². The van der Waals surface area contributed by atoms with Crippen LogP contribution in [-0.4, -0.2) is 34.1 Å². The molecular weight excluding hydrogens is 194 g/mol. The van der Waals surface area contributed by atoms with Gasteiger partial charge in [0.2, 0.25) is 6.33 Å². The zero-order valence-electron chi connectivity index (χ0n) is 8.53. The molecule has 5 heteroatoms. The van der Waals surface area contributed by atoms with E-state index in [1.165, 1.54) is 0 Å². The fraction of sp³-hybridized carbons (Fsp3) is 0.500. The van der Waals surface area contributed by atoms with Crippen molar-refractivity contribution in [1.29, 1.82) is 0 Å². The maximum atomic E-state index is 10.9. The molecule has 0 atom stereocenters. The molecule has 0 spiro atoms. The zero-order valence-corrected chi connectivity index (χ0v) is 8.53. The highest BCUT2D eigenvalue weighted by Gasteiger charge is 2.20. The third kappa shape index (κ3) is 1.77. The third-order valence-electron chi connectivity index (χ3n) is 2.62. The Morgan fingerprint density at radius 2 is 2.07 bits per heavy atom. The summed E-state index contributed by atoms with van der Waals surface area (Å²) >= 11 is 0. The average molecular weight is 206 g/mol. The Hall–Kier alpha value is -1.65. The number of carboxylic acids is 1. The highest BCUT2D eigenvalue weighted by atomic mass is 16.4. The number of anilines is 1. The molecule has 0 saturated carbocycles. The second-order valence-corrected chi connectivity index (χ2v) is 3.62. The SMILES string of the molecule is Cc1c(C(=O)O)n[c]nc1N1CCCC1. The summed E-state index contributed by atoms with van der Waals surface area (Å²) in [5, 5.41) is 8.90. The van der Waals surface area contributed by atoms with Gasteiger partial charge in [-0.15, -0.1) is 0 Å². The monoisotopic (exact) mass is 206 g/mol. The summed E-state index contributed by atoms with van der Waals surface area (Å²) in [6.07, 6.45) is 4.67. The van der Waals surface area contributed by atoms with Gasteiger partial charge in [0.05, 0.1) is 0 Å². The summed E-state index contributed by atoms with van der Waals surface area (Å²) in [6.45, 7) is 3.61. The first-order valence-electron chi connectivity index (χ1n) is 4.93. The molecule has 1 aliphatic heterocycles. The van der Waals surface area contributed by atoms with Crippen molar-refractivity contribution in [3.05, 3.63) is 17.6 Å². The Labute approximate surface area is 87.8 Å². The number of rotatable bonds is 2. The lowest BCUT2D eigenvalue weighted by molar-refractivity contribution is 0.0689. The van der Waals surface area contributed by atoms with Crippen LogP contribution in [0.5, 0.6) is 0 Å². The van der Waals surface area contributed by atoms with Gasteiger partial charge in [0.1, 0.15) is 5.82 Å². The molecule has 1 aromatic heterocycles. The van der Waals surface area contributed by atoms with E-state index >= 15 is 0 Å². The van der Waals surface area contributed by atoms with Crippen LogP contribution in [0.25, 0.3) is 0 Å². The normalized spacial score (nSPS) is 15.7. The van der Waals surface area contributed by atoms with Gasteiger partial charge < -0.3 is 10.0 Å². The van der Waals surface area contributed by atoms with Crippen LogP contribution < -0.4 is 4.90 Å². The first-order chi connectivity index (χ1) is 7.20. The lowest BCUT2D eigenvalue weighted by atomic mass is 10.2. The van der Waals surface area contributed by atoms with Crippen molar-refractivity contribution >= 4 is 11.8 Å². The van der Waals surface area contributed by atoms with E-state index in [1.54, 1.807) is 6.92 Å². The van der Waals surface area contributed by atoms with Gasteiger partial charge in [-0.2, -0.15) is 0 Å². The number of aromatic nitrogens is 2. The number of carbonyl (C=O) groups is 1. The molecule has 0 aliphatic carbocycles. The predicted molar refractivity (Wildman–Crippen MR) is 54.0 cm³/mol. The lowest BCUT2D eigenvalue weighted by Gasteiger charge is -2.18. The first-order valence-corrected chi connectivity index (χ1v) is 4.93. The lowest BCUT2D eigenvalue weighted by Crippen LogP contribution is -2.21. The van der Waals surface area contributed by atoms with E-state index in [0.717, 1.165) is 25.9 Å². The van der Waals surface area contributed by atoms with Crippen LogP contribution >= 0.6 is 0 Å². The minimum atomic E-state index is -1.02. The van der Waals surface area contributed by atoms with Gasteiger partial charge in [-0.05, 0) is 19.8 Å². The van der Waals surface area contributed by atoms with E-state index in [2.05, 4.69) is 21.2 Å². The molecule has 1 fully saturated rings. The van der Waals surface area contributed by atoms with Crippen LogP contribution in [-0.2, 0) is 0 Å². The molecule has 0 amide bonds. The van der Waals surface area contributed by atoms with Crippen LogP contribution in [0.2, 0.25) is 0 Å². The Morgan fingerprint density at radius 3 is 2.67 bits per heavy atom. The summed E-state index contributed by atoms with van der Waals surface area (Å²) in [4.78, 5) is 20.6. The number of hydrogen-bond acceptors (Lipinski definition) is 4. The standard InChI is InChI=1S/C10H12N3O2/c1-7-8(10(14)15)11-6-12-9(7)13-4-2-3-5-13/h2-5H2,1H3,(H,14,15). The van der Waals surface area contributed by atoms with Gasteiger partial charge in [-0.3, -0.25) is 0 Å². The van der Waals surface area contributed by atoms with Crippen LogP contribution in [0.15, 0.2) is 0 Å². The van der Waals surface area contributed by atoms with E-state index in [1.807, 2.05) is 0 Å². The van der Waals surface area contributed by atoms with Crippen molar-refractivity contribution in [2.24, 2.45) is 0 Å². The van der Waals surface area contributed by atoms with Crippen molar-refractivity contribution < 1.29 is 9.90 Å². The summed E-state index contributed by atoms with van der Waals surface area (Å²) in [5.41, 5.74) is 0.676. The van der Waals surface area contributed by atoms with E-state index in [9.17, 15) is 4.79 Å². The highest BCUT2D eigenvalue weighted by Crippen LogP contribution is 2.22. The molecule has 0 bridgehead atoms. The predicted octanol–water partition coefficient (Wildman–Crippen LogP) is 0.884. The Bertz CT molecular complexity index is 386. The minimum absolute atomic E-state index is 0.0481. The number of carboxylic acid groups (broad SMARTS) is 1. The van der Waals surface area contributed by atoms with Crippen molar-refractivity contribution in [2.45, 2.75) is 19.8 Å². The molecule has 0 unspecified atom stereocenters. The van der Waals surface area contributed by atoms with Crippen molar-refractivity contribution in [3.8, 4) is 0 Å². The molecule has 1 saturated heterocycles. The summed E-state index contributed by atoms with van der Waals surface area (Å²) < 4.78 is 0. The average Bonchev–Trinajstić information content (AvgIpc) is 2.70. The zero-order chi connectivity index (χ0) is 10.8. The van der Waals surface area contributed by atoms with Gasteiger partial charge in [0.15, 0.2) is 5.69 Å². The molecule has 1 aromatic rings. The molecule has 1 aliphatic rings. The molecule has 15 heavy (non-hydrogen) atoms. The number of aromatic carboxylic acids is 1. The molecule has 1 radical (unpaired) electrons. The maximum Gasteiger partial charge on any atom is 0.354 e. The van der Waals surface area contributed by atoms with Crippen molar-refractivity contribution in [2.75, 3.05) is 18.0 Å². The molecule has 0 aromatic carbocycles. The first kappa shape index (κ1) is 9.89. The molecule has 79 valence electrons. The van der Waals surface area contributed by atoms with Crippen LogP contribution in [0, 0.1) is 13.3 Å². The van der Waals surface area contributed by atoms with Crippen LogP contribution in [0.1, 0.15) is 28.9 Å². The van der Waals surface area contributed by atoms with E-state index < -0.39 is 5.97 Å². The summed E-state index contributed by atoms with van der Waals surface area (Å²) in [7, 11) is 0. The van der Waals surface area contributed by atoms with Gasteiger partial charge >= 0.3 is 5.97 Å². The van der Waals surface area contributed by atoms with Crippen molar-refractivity contribution in [1.82, 2.24) is 9.97 Å². The largest absolute Gasteiger partial charge is 0.476 e. The highest BCUT2D eigenvalue weighted by molar-refractivity contribution is 5.88. The number of hydrogen-bond donors (Lipinski definition) is 1. The van der Waals surface area contributed by atoms with Gasteiger partial charge in [-0.1, -0.05) is 0 Å². The molecule has 1 N–H and O–H groups in total. The quantitative estimate of drug-likeness (QED) is 0.778. The fourth-order valence-electron chi connectivity index (χ4n) is 1.84. The van der Waals surface area contributed by atoms with Gasteiger partial charge in [0, 0.05) is 18.7 Å².